The van der Waals surface area contributed by atoms with Gasteiger partial charge in [-0.2, -0.15) is 5.10 Å². The molecular formula is C53H54ClF2N9O6. The molecule has 0 bridgehead atoms. The zero-order chi connectivity index (χ0) is 49.7. The highest BCUT2D eigenvalue weighted by molar-refractivity contribution is 6.34. The Morgan fingerprint density at radius 2 is 1.68 bits per heavy atom. The largest absolute Gasteiger partial charge is 0.494 e. The van der Waals surface area contributed by atoms with E-state index in [2.05, 4.69) is 21.0 Å². The number of benzene rings is 4. The lowest BCUT2D eigenvalue weighted by Gasteiger charge is -2.38. The lowest BCUT2D eigenvalue weighted by Crippen LogP contribution is -2.49. The first-order valence-corrected chi connectivity index (χ1v) is 24.4. The average Bonchev–Trinajstić information content (AvgIpc) is 3.86. The van der Waals surface area contributed by atoms with Gasteiger partial charge in [0, 0.05) is 103 Å². The van der Waals surface area contributed by atoms with Crippen molar-refractivity contribution in [1.29, 1.82) is 0 Å². The van der Waals surface area contributed by atoms with Gasteiger partial charge in [-0.3, -0.25) is 29.3 Å². The molecule has 1 aliphatic carbocycles. The van der Waals surface area contributed by atoms with Crippen molar-refractivity contribution in [2.24, 2.45) is 18.7 Å². The molecule has 5 N–H and O–H groups in total. The van der Waals surface area contributed by atoms with Crippen LogP contribution in [0.25, 0.3) is 33.2 Å². The van der Waals surface area contributed by atoms with Gasteiger partial charge >= 0.3 is 6.03 Å². The van der Waals surface area contributed by atoms with Crippen LogP contribution in [-0.4, -0.2) is 88.8 Å². The van der Waals surface area contributed by atoms with Crippen LogP contribution in [0.1, 0.15) is 79.3 Å². The second-order valence-electron chi connectivity index (χ2n) is 18.9. The summed E-state index contributed by atoms with van der Waals surface area (Å²) in [5, 5.41) is 14.7. The van der Waals surface area contributed by atoms with Crippen molar-refractivity contribution < 1.29 is 37.4 Å². The molecule has 0 radical (unpaired) electrons. The van der Waals surface area contributed by atoms with Gasteiger partial charge in [-0.05, 0) is 86.1 Å². The van der Waals surface area contributed by atoms with Crippen molar-refractivity contribution >= 4 is 57.9 Å². The number of nitrogens with one attached hydrogen (secondary N) is 3. The summed E-state index contributed by atoms with van der Waals surface area (Å²) < 4.78 is 45.8. The van der Waals surface area contributed by atoms with Gasteiger partial charge in [-0.15, -0.1) is 0 Å². The van der Waals surface area contributed by atoms with Crippen molar-refractivity contribution in [3.63, 3.8) is 0 Å². The predicted molar refractivity (Wildman–Crippen MR) is 265 cm³/mol. The Hall–Kier alpha value is -7.11. The van der Waals surface area contributed by atoms with Crippen LogP contribution >= 0.6 is 11.6 Å². The fourth-order valence-electron chi connectivity index (χ4n) is 11.0. The molecule has 71 heavy (non-hydrogen) atoms. The van der Waals surface area contributed by atoms with E-state index in [9.17, 15) is 19.2 Å². The van der Waals surface area contributed by atoms with Crippen molar-refractivity contribution in [2.45, 2.75) is 75.5 Å². The minimum absolute atomic E-state index is 0.0111. The lowest BCUT2D eigenvalue weighted by atomic mass is 9.77. The normalized spacial score (nSPS) is 21.5. The Kier molecular flexibility index (Phi) is 12.9. The fraction of sp³-hybridized carbons (Fsp3) is 0.358. The third-order valence-corrected chi connectivity index (χ3v) is 15.2. The summed E-state index contributed by atoms with van der Waals surface area (Å²) in [6.45, 7) is 3.81. The van der Waals surface area contributed by atoms with E-state index in [1.165, 1.54) is 30.2 Å². The number of urea groups is 1. The highest BCUT2D eigenvalue weighted by Gasteiger charge is 2.50. The van der Waals surface area contributed by atoms with Crippen LogP contribution < -0.4 is 36.1 Å². The number of rotatable bonds is 12. The second-order valence-corrected chi connectivity index (χ2v) is 19.3. The molecule has 5 heterocycles. The third kappa shape index (κ3) is 8.79. The molecule has 10 rings (SSSR count). The first-order chi connectivity index (χ1) is 34.2. The number of fused-ring (bicyclic) bond motifs is 2. The average molecular weight is 987 g/mol. The Labute approximate surface area is 414 Å². The number of nitrogens with two attached hydrogens (primary N) is 1. The van der Waals surface area contributed by atoms with E-state index < -0.39 is 35.1 Å². The monoisotopic (exact) mass is 985 g/mol. The summed E-state index contributed by atoms with van der Waals surface area (Å²) >= 11 is 6.70. The zero-order valence-corrected chi connectivity index (χ0v) is 40.3. The molecular weight excluding hydrogens is 932 g/mol. The molecule has 3 fully saturated rings. The van der Waals surface area contributed by atoms with Crippen molar-refractivity contribution in [1.82, 2.24) is 30.3 Å². The third-order valence-electron chi connectivity index (χ3n) is 14.9. The van der Waals surface area contributed by atoms with E-state index in [-0.39, 0.29) is 76.0 Å². The number of hydrogen-bond acceptors (Lipinski definition) is 10. The summed E-state index contributed by atoms with van der Waals surface area (Å²) in [5.41, 5.74) is 8.20. The first-order valence-electron chi connectivity index (χ1n) is 24.0. The number of anilines is 2. The molecule has 6 aromatic rings. The summed E-state index contributed by atoms with van der Waals surface area (Å²) in [5.74, 6) is -2.06. The highest BCUT2D eigenvalue weighted by atomic mass is 35.5. The SMILES string of the molecule is COc1ccc(C(N)=O)c(-c2c(Cl)c(F)cc3c2C(C)C(CNC2CCC(C(=O)N4CCC(Nc5ccc(-c6ccc7c(N8CCC(=O)NC8=O)nn(C)c7c6)cn5)CC4)CC2)(c2ccccc2)O3)c1F. The molecule has 4 aliphatic rings. The number of piperidine rings is 1. The van der Waals surface area contributed by atoms with Gasteiger partial charge in [0.15, 0.2) is 23.0 Å². The van der Waals surface area contributed by atoms with Crippen LogP contribution in [0.5, 0.6) is 11.5 Å². The number of aromatic nitrogens is 3. The summed E-state index contributed by atoms with van der Waals surface area (Å²) in [6.07, 6.45) is 6.62. The molecule has 3 aliphatic heterocycles. The topological polar surface area (TPSA) is 186 Å². The van der Waals surface area contributed by atoms with Gasteiger partial charge in [-0.25, -0.2) is 18.6 Å². The van der Waals surface area contributed by atoms with Gasteiger partial charge in [-0.1, -0.05) is 54.9 Å². The fourth-order valence-corrected chi connectivity index (χ4v) is 11.2. The van der Waals surface area contributed by atoms with Crippen LogP contribution in [-0.2, 0) is 22.2 Å². The molecule has 4 aromatic carbocycles. The number of methoxy groups -OCH3 is 1. The summed E-state index contributed by atoms with van der Waals surface area (Å²) in [6, 6.07) is 23.1. The molecule has 15 nitrogen and oxygen atoms in total. The Morgan fingerprint density at radius 3 is 2.37 bits per heavy atom. The van der Waals surface area contributed by atoms with Crippen LogP contribution in [0.2, 0.25) is 5.02 Å². The Morgan fingerprint density at radius 1 is 0.930 bits per heavy atom. The number of nitrogens with zero attached hydrogens (tertiary/aromatic N) is 5. The van der Waals surface area contributed by atoms with Gasteiger partial charge in [0.25, 0.3) is 0 Å². The van der Waals surface area contributed by atoms with E-state index in [1.54, 1.807) is 4.68 Å². The molecule has 1 saturated carbocycles. The number of hydrogen-bond donors (Lipinski definition) is 4. The van der Waals surface area contributed by atoms with Crippen molar-refractivity contribution in [3.8, 4) is 33.8 Å². The number of amides is 5. The number of primary amides is 1. The molecule has 2 aromatic heterocycles. The van der Waals surface area contributed by atoms with Gasteiger partial charge in [0.1, 0.15) is 17.4 Å². The van der Waals surface area contributed by atoms with Gasteiger partial charge in [0.2, 0.25) is 17.7 Å². The van der Waals surface area contributed by atoms with Crippen molar-refractivity contribution in [2.75, 3.05) is 43.5 Å². The maximum absolute atomic E-state index is 16.2. The predicted octanol–water partition coefficient (Wildman–Crippen LogP) is 8.43. The van der Waals surface area contributed by atoms with Crippen LogP contribution in [0.4, 0.5) is 25.2 Å². The van der Waals surface area contributed by atoms with E-state index in [1.807, 2.05) is 85.7 Å². The number of carbonyl (C=O) groups excluding carboxylic acids is 4. The summed E-state index contributed by atoms with van der Waals surface area (Å²) in [7, 11) is 3.12. The van der Waals surface area contributed by atoms with Crippen molar-refractivity contribution in [3.05, 3.63) is 118 Å². The van der Waals surface area contributed by atoms with Crippen LogP contribution in [0, 0.1) is 17.6 Å². The first kappa shape index (κ1) is 47.6. The van der Waals surface area contributed by atoms with Gasteiger partial charge in [0.05, 0.1) is 23.2 Å². The second kappa shape index (κ2) is 19.2. The molecule has 5 amide bonds. The van der Waals surface area contributed by atoms with E-state index in [4.69, 9.17) is 31.8 Å². The number of carbonyl (C=O) groups is 4. The molecule has 2 unspecified atom stereocenters. The molecule has 368 valence electrons. The smallest absolute Gasteiger partial charge is 0.329 e. The number of halogens is 3. The summed E-state index contributed by atoms with van der Waals surface area (Å²) in [4.78, 5) is 59.1. The standard InChI is InChI=1S/C53H54ClF2N9O6/c1-29-44-41(26-38(55)47(54)46(44)45-37(49(57)67)16-17-40(70-3)48(45)56)71-53(29,33-7-5-4-6-8-33)28-59-34-13-9-30(10-14-34)51(68)64-22-19-35(20-23-64)60-42-18-12-32(27-58-42)31-11-15-36-39(25-31)63(2)62-50(36)65-24-21-43(66)61-52(65)69/h4-8,11-12,15-18,25-27,29-30,34-35,59H,9-10,13-14,19-24,28H2,1-3H3,(H2,57,67)(H,58,60)(H,61,66,69). The highest BCUT2D eigenvalue weighted by Crippen LogP contribution is 2.56. The quantitative estimate of drug-likeness (QED) is 0.0928. The number of likely N-dealkylation sites (tertiary alicyclic amines) is 1. The molecule has 18 heteroatoms. The van der Waals surface area contributed by atoms with E-state index in [0.29, 0.717) is 31.0 Å². The number of pyridine rings is 1. The number of imide groups is 1. The zero-order valence-electron chi connectivity index (χ0n) is 39.6. The number of aryl methyl sites for hydroxylation is 1. The minimum Gasteiger partial charge on any atom is -0.494 e. The maximum Gasteiger partial charge on any atom is 0.329 e. The minimum atomic E-state index is -1.08. The lowest BCUT2D eigenvalue weighted by molar-refractivity contribution is -0.137. The van der Waals surface area contributed by atoms with Gasteiger partial charge < -0.3 is 30.7 Å². The van der Waals surface area contributed by atoms with Crippen LogP contribution in [0.15, 0.2) is 85.1 Å². The number of ether oxygens (including phenoxy) is 2. The molecule has 2 saturated heterocycles. The van der Waals surface area contributed by atoms with E-state index >= 15 is 8.78 Å². The van der Waals surface area contributed by atoms with Crippen LogP contribution in [0.3, 0.4) is 0 Å². The Balaban J connectivity index is 0.752. The Bertz CT molecular complexity index is 3070. The maximum atomic E-state index is 16.2. The van der Waals surface area contributed by atoms with E-state index in [0.717, 1.165) is 71.9 Å². The molecule has 2 atom stereocenters. The molecule has 0 spiro atoms.